The summed E-state index contributed by atoms with van der Waals surface area (Å²) in [6, 6.07) is 3.92. The molecular weight excluding hydrogens is 159 g/mol. The van der Waals surface area contributed by atoms with E-state index in [4.69, 9.17) is 10.2 Å². The third-order valence-corrected chi connectivity index (χ3v) is 1.28. The third-order valence-electron chi connectivity index (χ3n) is 1.28. The van der Waals surface area contributed by atoms with Crippen molar-refractivity contribution in [2.45, 2.75) is 0 Å². The van der Waals surface area contributed by atoms with E-state index in [2.05, 4.69) is 11.8 Å². The van der Waals surface area contributed by atoms with E-state index in [1.54, 1.807) is 0 Å². The maximum atomic E-state index is 12.8. The van der Waals surface area contributed by atoms with Crippen molar-refractivity contribution in [3.8, 4) is 17.6 Å². The predicted octanol–water partition coefficient (Wildman–Crippen LogP) is 0.875. The minimum absolute atomic E-state index is 0.0773. The van der Waals surface area contributed by atoms with Gasteiger partial charge in [-0.05, 0) is 12.1 Å². The SMILES string of the molecule is OCC#Cc1c(O)cccc1F. The van der Waals surface area contributed by atoms with Gasteiger partial charge >= 0.3 is 0 Å². The Morgan fingerprint density at radius 1 is 1.42 bits per heavy atom. The van der Waals surface area contributed by atoms with Crippen molar-refractivity contribution in [1.29, 1.82) is 0 Å². The fourth-order valence-corrected chi connectivity index (χ4v) is 0.764. The molecule has 0 aliphatic heterocycles. The third kappa shape index (κ3) is 1.74. The molecule has 1 aromatic rings. The van der Waals surface area contributed by atoms with Crippen LogP contribution >= 0.6 is 0 Å². The molecule has 0 saturated heterocycles. The molecule has 2 N–H and O–H groups in total. The van der Waals surface area contributed by atoms with E-state index < -0.39 is 5.82 Å². The molecule has 0 bridgehead atoms. The van der Waals surface area contributed by atoms with Crippen molar-refractivity contribution in [3.05, 3.63) is 29.6 Å². The molecule has 0 aliphatic carbocycles. The number of halogens is 1. The van der Waals surface area contributed by atoms with Gasteiger partial charge in [0.05, 0.1) is 0 Å². The molecule has 0 heterocycles. The van der Waals surface area contributed by atoms with Crippen LogP contribution in [0.4, 0.5) is 4.39 Å². The summed E-state index contributed by atoms with van der Waals surface area (Å²) in [5, 5.41) is 17.4. The highest BCUT2D eigenvalue weighted by molar-refractivity contribution is 5.45. The molecule has 12 heavy (non-hydrogen) atoms. The molecule has 0 atom stereocenters. The number of phenolic OH excluding ortho intramolecular Hbond substituents is 1. The maximum absolute atomic E-state index is 12.8. The molecular formula is C9H7FO2. The van der Waals surface area contributed by atoms with Crippen molar-refractivity contribution in [2.24, 2.45) is 0 Å². The first-order valence-electron chi connectivity index (χ1n) is 3.33. The highest BCUT2D eigenvalue weighted by Gasteiger charge is 2.02. The van der Waals surface area contributed by atoms with Crippen LogP contribution in [-0.4, -0.2) is 16.8 Å². The zero-order valence-corrected chi connectivity index (χ0v) is 6.21. The lowest BCUT2D eigenvalue weighted by molar-refractivity contribution is 0.350. The van der Waals surface area contributed by atoms with Crippen molar-refractivity contribution in [3.63, 3.8) is 0 Å². The first-order chi connectivity index (χ1) is 5.75. The summed E-state index contributed by atoms with van der Waals surface area (Å²) in [4.78, 5) is 0. The van der Waals surface area contributed by atoms with Gasteiger partial charge in [0.1, 0.15) is 23.7 Å². The van der Waals surface area contributed by atoms with Crippen molar-refractivity contribution in [2.75, 3.05) is 6.61 Å². The minimum atomic E-state index is -0.587. The first-order valence-corrected chi connectivity index (χ1v) is 3.33. The monoisotopic (exact) mass is 166 g/mol. The zero-order valence-electron chi connectivity index (χ0n) is 6.21. The second kappa shape index (κ2) is 3.74. The molecule has 0 aromatic heterocycles. The molecule has 2 nitrogen and oxygen atoms in total. The summed E-state index contributed by atoms with van der Waals surface area (Å²) < 4.78 is 12.8. The van der Waals surface area contributed by atoms with Gasteiger partial charge in [-0.25, -0.2) is 4.39 Å². The second-order valence-corrected chi connectivity index (χ2v) is 2.09. The Morgan fingerprint density at radius 3 is 2.75 bits per heavy atom. The van der Waals surface area contributed by atoms with E-state index >= 15 is 0 Å². The van der Waals surface area contributed by atoms with Crippen molar-refractivity contribution < 1.29 is 14.6 Å². The fourth-order valence-electron chi connectivity index (χ4n) is 0.764. The van der Waals surface area contributed by atoms with Crippen LogP contribution in [0, 0.1) is 17.7 Å². The molecule has 62 valence electrons. The standard InChI is InChI=1S/C9H7FO2/c10-8-4-1-5-9(12)7(8)3-2-6-11/h1,4-5,11-12H,6H2. The number of hydrogen-bond donors (Lipinski definition) is 2. The smallest absolute Gasteiger partial charge is 0.142 e. The summed E-state index contributed by atoms with van der Waals surface area (Å²) in [6.45, 7) is -0.353. The lowest BCUT2D eigenvalue weighted by atomic mass is 10.2. The molecule has 0 aliphatic rings. The van der Waals surface area contributed by atoms with E-state index in [-0.39, 0.29) is 17.9 Å². The number of hydrogen-bond acceptors (Lipinski definition) is 2. The average Bonchev–Trinajstić information content (AvgIpc) is 2.04. The summed E-state index contributed by atoms with van der Waals surface area (Å²) >= 11 is 0. The van der Waals surface area contributed by atoms with Crippen LogP contribution in [0.1, 0.15) is 5.56 Å². The fraction of sp³-hybridized carbons (Fsp3) is 0.111. The lowest BCUT2D eigenvalue weighted by Gasteiger charge is -1.96. The normalized spacial score (nSPS) is 8.83. The Labute approximate surface area is 69.3 Å². The van der Waals surface area contributed by atoms with Gasteiger partial charge in [-0.15, -0.1) is 0 Å². The number of rotatable bonds is 0. The van der Waals surface area contributed by atoms with E-state index in [0.717, 1.165) is 0 Å². The van der Waals surface area contributed by atoms with Crippen LogP contribution in [0.3, 0.4) is 0 Å². The molecule has 0 fully saturated rings. The van der Waals surface area contributed by atoms with Gasteiger partial charge in [-0.3, -0.25) is 0 Å². The molecule has 1 rings (SSSR count). The Morgan fingerprint density at radius 2 is 2.17 bits per heavy atom. The predicted molar refractivity (Wildman–Crippen MR) is 42.0 cm³/mol. The quantitative estimate of drug-likeness (QED) is 0.561. The van der Waals surface area contributed by atoms with E-state index in [1.807, 2.05) is 0 Å². The number of aromatic hydroxyl groups is 1. The topological polar surface area (TPSA) is 40.5 Å². The second-order valence-electron chi connectivity index (χ2n) is 2.09. The molecule has 0 unspecified atom stereocenters. The summed E-state index contributed by atoms with van der Waals surface area (Å²) in [6.07, 6.45) is 0. The van der Waals surface area contributed by atoms with Gasteiger partial charge in [-0.2, -0.15) is 0 Å². The van der Waals surface area contributed by atoms with Crippen LogP contribution in [0.2, 0.25) is 0 Å². The van der Waals surface area contributed by atoms with Crippen LogP contribution in [0.15, 0.2) is 18.2 Å². The largest absolute Gasteiger partial charge is 0.507 e. The molecule has 0 spiro atoms. The molecule has 0 amide bonds. The van der Waals surface area contributed by atoms with Gasteiger partial charge in [0.15, 0.2) is 0 Å². The first kappa shape index (κ1) is 8.57. The summed E-state index contributed by atoms with van der Waals surface area (Å²) in [5.41, 5.74) is -0.0773. The number of aliphatic hydroxyl groups excluding tert-OH is 1. The maximum Gasteiger partial charge on any atom is 0.142 e. The average molecular weight is 166 g/mol. The minimum Gasteiger partial charge on any atom is -0.507 e. The highest BCUT2D eigenvalue weighted by atomic mass is 19.1. The van der Waals surface area contributed by atoms with E-state index in [9.17, 15) is 4.39 Å². The number of aliphatic hydroxyl groups is 1. The molecule has 0 radical (unpaired) electrons. The molecule has 3 heteroatoms. The Kier molecular flexibility index (Phi) is 2.67. The Hall–Kier alpha value is -1.53. The van der Waals surface area contributed by atoms with Gasteiger partial charge in [0.2, 0.25) is 0 Å². The van der Waals surface area contributed by atoms with Crippen molar-refractivity contribution >= 4 is 0 Å². The molecule has 0 saturated carbocycles. The zero-order chi connectivity index (χ0) is 8.97. The molecule has 1 aromatic carbocycles. The highest BCUT2D eigenvalue weighted by Crippen LogP contribution is 2.17. The van der Waals surface area contributed by atoms with E-state index in [1.165, 1.54) is 18.2 Å². The number of phenols is 1. The Bertz CT molecular complexity index is 316. The van der Waals surface area contributed by atoms with Gasteiger partial charge in [-0.1, -0.05) is 17.9 Å². The van der Waals surface area contributed by atoms with Gasteiger partial charge in [0, 0.05) is 0 Å². The van der Waals surface area contributed by atoms with Crippen LogP contribution in [0.25, 0.3) is 0 Å². The summed E-state index contributed by atoms with van der Waals surface area (Å²) in [7, 11) is 0. The van der Waals surface area contributed by atoms with Crippen LogP contribution < -0.4 is 0 Å². The van der Waals surface area contributed by atoms with E-state index in [0.29, 0.717) is 0 Å². The lowest BCUT2D eigenvalue weighted by Crippen LogP contribution is -1.84. The summed E-state index contributed by atoms with van der Waals surface area (Å²) in [5.74, 6) is 3.76. The van der Waals surface area contributed by atoms with Crippen LogP contribution in [-0.2, 0) is 0 Å². The van der Waals surface area contributed by atoms with Gasteiger partial charge < -0.3 is 10.2 Å². The van der Waals surface area contributed by atoms with Crippen molar-refractivity contribution in [1.82, 2.24) is 0 Å². The Balaban J connectivity index is 3.13. The van der Waals surface area contributed by atoms with Gasteiger partial charge in [0.25, 0.3) is 0 Å². The van der Waals surface area contributed by atoms with Crippen LogP contribution in [0.5, 0.6) is 5.75 Å². The number of benzene rings is 1.